The molecule has 4 rings (SSSR count). The van der Waals surface area contributed by atoms with Crippen LogP contribution in [0.2, 0.25) is 0 Å². The van der Waals surface area contributed by atoms with E-state index in [0.29, 0.717) is 11.7 Å². The van der Waals surface area contributed by atoms with Crippen molar-refractivity contribution in [3.05, 3.63) is 35.4 Å². The van der Waals surface area contributed by atoms with Crippen molar-refractivity contribution in [3.8, 4) is 0 Å². The minimum absolute atomic E-state index is 0.0270. The number of hydrogen-bond acceptors (Lipinski definition) is 3. The number of amides is 3. The lowest BCUT2D eigenvalue weighted by atomic mass is 9.99. The standard InChI is InChI=1S/C19H25N3O2S/c23-17(22-10-9-13-5-1-2-6-14(13)11-22)8-4-3-7-16-18-15(12-25-16)20-19(24)21-18/h1-2,5-6,15-16,18H,3-4,7-12H2,(H2,20,21,24)/t15-,16-,18-/m1/s1. The quantitative estimate of drug-likeness (QED) is 0.626. The molecule has 3 heterocycles. The van der Waals surface area contributed by atoms with Crippen LogP contribution in [-0.2, 0) is 17.8 Å². The molecule has 0 spiro atoms. The maximum atomic E-state index is 12.5. The molecule has 3 atom stereocenters. The molecule has 0 aromatic heterocycles. The van der Waals surface area contributed by atoms with E-state index in [4.69, 9.17) is 0 Å². The fourth-order valence-electron chi connectivity index (χ4n) is 4.13. The molecule has 0 radical (unpaired) electrons. The van der Waals surface area contributed by atoms with Gasteiger partial charge < -0.3 is 15.5 Å². The molecule has 5 nitrogen and oxygen atoms in total. The average Bonchev–Trinajstić information content (AvgIpc) is 3.17. The Hall–Kier alpha value is -1.69. The molecular weight excluding hydrogens is 334 g/mol. The molecule has 25 heavy (non-hydrogen) atoms. The molecule has 2 N–H and O–H groups in total. The molecule has 6 heteroatoms. The number of benzene rings is 1. The Morgan fingerprint density at radius 3 is 2.92 bits per heavy atom. The smallest absolute Gasteiger partial charge is 0.315 e. The number of nitrogens with zero attached hydrogens (tertiary/aromatic N) is 1. The Kier molecular flexibility index (Phi) is 4.88. The van der Waals surface area contributed by atoms with Crippen LogP contribution < -0.4 is 10.6 Å². The van der Waals surface area contributed by atoms with Gasteiger partial charge in [-0.3, -0.25) is 4.79 Å². The lowest BCUT2D eigenvalue weighted by Crippen LogP contribution is -2.37. The number of carbonyl (C=O) groups is 2. The summed E-state index contributed by atoms with van der Waals surface area (Å²) in [4.78, 5) is 25.9. The van der Waals surface area contributed by atoms with E-state index >= 15 is 0 Å². The minimum atomic E-state index is -0.0270. The number of hydrogen-bond donors (Lipinski definition) is 2. The summed E-state index contributed by atoms with van der Waals surface area (Å²) in [5, 5.41) is 6.49. The van der Waals surface area contributed by atoms with Gasteiger partial charge in [0.1, 0.15) is 0 Å². The van der Waals surface area contributed by atoms with E-state index < -0.39 is 0 Å². The van der Waals surface area contributed by atoms with Gasteiger partial charge in [0.2, 0.25) is 5.91 Å². The first kappa shape index (κ1) is 16.8. The van der Waals surface area contributed by atoms with Crippen molar-refractivity contribution in [2.45, 2.75) is 56.0 Å². The van der Waals surface area contributed by atoms with Gasteiger partial charge in [0, 0.05) is 30.5 Å². The zero-order chi connectivity index (χ0) is 17.2. The highest BCUT2D eigenvalue weighted by atomic mass is 32.2. The Bertz CT molecular complexity index is 666. The van der Waals surface area contributed by atoms with Gasteiger partial charge in [-0.2, -0.15) is 11.8 Å². The second-order valence-electron chi connectivity index (χ2n) is 7.20. The van der Waals surface area contributed by atoms with Gasteiger partial charge in [-0.1, -0.05) is 30.7 Å². The van der Waals surface area contributed by atoms with Crippen LogP contribution in [0.4, 0.5) is 4.79 Å². The van der Waals surface area contributed by atoms with Gasteiger partial charge >= 0.3 is 6.03 Å². The molecule has 0 aliphatic carbocycles. The van der Waals surface area contributed by atoms with Crippen molar-refractivity contribution in [2.75, 3.05) is 12.3 Å². The lowest BCUT2D eigenvalue weighted by Gasteiger charge is -2.29. The number of thioether (sulfide) groups is 1. The summed E-state index contributed by atoms with van der Waals surface area (Å²) in [6, 6.07) is 8.96. The molecule has 3 aliphatic heterocycles. The highest BCUT2D eigenvalue weighted by Crippen LogP contribution is 2.33. The largest absolute Gasteiger partial charge is 0.338 e. The first-order chi connectivity index (χ1) is 12.2. The highest BCUT2D eigenvalue weighted by molar-refractivity contribution is 8.00. The number of unbranched alkanes of at least 4 members (excludes halogenated alkanes) is 1. The first-order valence-corrected chi connectivity index (χ1v) is 10.3. The highest BCUT2D eigenvalue weighted by Gasteiger charge is 2.42. The van der Waals surface area contributed by atoms with Crippen LogP contribution in [0.15, 0.2) is 24.3 Å². The third-order valence-electron chi connectivity index (χ3n) is 5.55. The number of nitrogens with one attached hydrogen (secondary N) is 2. The predicted molar refractivity (Wildman–Crippen MR) is 99.5 cm³/mol. The van der Waals surface area contributed by atoms with Crippen molar-refractivity contribution >= 4 is 23.7 Å². The van der Waals surface area contributed by atoms with E-state index in [0.717, 1.165) is 44.5 Å². The summed E-state index contributed by atoms with van der Waals surface area (Å²) >= 11 is 1.94. The van der Waals surface area contributed by atoms with Crippen LogP contribution >= 0.6 is 11.8 Å². The number of fused-ring (bicyclic) bond motifs is 2. The minimum Gasteiger partial charge on any atom is -0.338 e. The summed E-state index contributed by atoms with van der Waals surface area (Å²) in [6.07, 6.45) is 4.66. The lowest BCUT2D eigenvalue weighted by molar-refractivity contribution is -0.132. The van der Waals surface area contributed by atoms with Crippen LogP contribution in [0.5, 0.6) is 0 Å². The Morgan fingerprint density at radius 2 is 2.04 bits per heavy atom. The van der Waals surface area contributed by atoms with Crippen molar-refractivity contribution < 1.29 is 9.59 Å². The van der Waals surface area contributed by atoms with Gasteiger partial charge in [0.15, 0.2) is 0 Å². The summed E-state index contributed by atoms with van der Waals surface area (Å²) < 4.78 is 0. The molecule has 2 saturated heterocycles. The van der Waals surface area contributed by atoms with E-state index in [1.165, 1.54) is 11.1 Å². The molecular formula is C19H25N3O2S. The second kappa shape index (κ2) is 7.28. The predicted octanol–water partition coefficient (Wildman–Crippen LogP) is 2.30. The second-order valence-corrected chi connectivity index (χ2v) is 8.47. The first-order valence-electron chi connectivity index (χ1n) is 9.24. The van der Waals surface area contributed by atoms with E-state index in [1.807, 2.05) is 16.7 Å². The molecule has 134 valence electrons. The fraction of sp³-hybridized carbons (Fsp3) is 0.579. The topological polar surface area (TPSA) is 61.4 Å². The van der Waals surface area contributed by atoms with Crippen LogP contribution in [0.1, 0.15) is 36.8 Å². The van der Waals surface area contributed by atoms with Crippen molar-refractivity contribution in [3.63, 3.8) is 0 Å². The molecule has 1 aromatic carbocycles. The van der Waals surface area contributed by atoms with Crippen LogP contribution in [0.25, 0.3) is 0 Å². The number of urea groups is 1. The van der Waals surface area contributed by atoms with Gasteiger partial charge in [-0.15, -0.1) is 0 Å². The fourth-order valence-corrected chi connectivity index (χ4v) is 5.68. The molecule has 2 fully saturated rings. The average molecular weight is 359 g/mol. The number of rotatable bonds is 5. The van der Waals surface area contributed by atoms with Crippen LogP contribution in [0.3, 0.4) is 0 Å². The van der Waals surface area contributed by atoms with E-state index in [1.54, 1.807) is 0 Å². The SMILES string of the molecule is O=C1N[C@@H]2[C@@H](CS[C@@H]2CCCCC(=O)N2CCc3ccccc3C2)N1. The Morgan fingerprint density at radius 1 is 1.20 bits per heavy atom. The van der Waals surface area contributed by atoms with Crippen molar-refractivity contribution in [1.82, 2.24) is 15.5 Å². The summed E-state index contributed by atoms with van der Waals surface area (Å²) in [5.41, 5.74) is 2.67. The van der Waals surface area contributed by atoms with Crippen LogP contribution in [0, 0.1) is 0 Å². The van der Waals surface area contributed by atoms with E-state index in [2.05, 4.69) is 34.9 Å². The molecule has 0 saturated carbocycles. The van der Waals surface area contributed by atoms with Gasteiger partial charge in [0.05, 0.1) is 12.1 Å². The molecule has 1 aromatic rings. The van der Waals surface area contributed by atoms with E-state index in [9.17, 15) is 9.59 Å². The van der Waals surface area contributed by atoms with Gasteiger partial charge in [0.25, 0.3) is 0 Å². The van der Waals surface area contributed by atoms with Crippen LogP contribution in [-0.4, -0.2) is 46.5 Å². The summed E-state index contributed by atoms with van der Waals surface area (Å²) in [5.74, 6) is 1.28. The van der Waals surface area contributed by atoms with Gasteiger partial charge in [-0.25, -0.2) is 4.79 Å². The number of carbonyl (C=O) groups excluding carboxylic acids is 2. The van der Waals surface area contributed by atoms with E-state index in [-0.39, 0.29) is 24.0 Å². The zero-order valence-corrected chi connectivity index (χ0v) is 15.2. The third-order valence-corrected chi connectivity index (χ3v) is 7.06. The Labute approximate surface area is 152 Å². The van der Waals surface area contributed by atoms with Crippen molar-refractivity contribution in [2.24, 2.45) is 0 Å². The Balaban J connectivity index is 1.19. The van der Waals surface area contributed by atoms with Gasteiger partial charge in [-0.05, 0) is 30.4 Å². The summed E-state index contributed by atoms with van der Waals surface area (Å²) in [7, 11) is 0. The monoisotopic (exact) mass is 359 g/mol. The molecule has 3 aliphatic rings. The normalized spacial score (nSPS) is 27.4. The maximum absolute atomic E-state index is 12.5. The molecule has 3 amide bonds. The van der Waals surface area contributed by atoms with Crippen molar-refractivity contribution in [1.29, 1.82) is 0 Å². The summed E-state index contributed by atoms with van der Waals surface area (Å²) in [6.45, 7) is 1.60. The third kappa shape index (κ3) is 3.64. The molecule has 0 bridgehead atoms. The maximum Gasteiger partial charge on any atom is 0.315 e. The molecule has 0 unspecified atom stereocenters. The zero-order valence-electron chi connectivity index (χ0n) is 14.4.